The van der Waals surface area contributed by atoms with E-state index in [0.29, 0.717) is 12.1 Å². The van der Waals surface area contributed by atoms with E-state index >= 15 is 0 Å². The molecule has 0 spiro atoms. The van der Waals surface area contributed by atoms with Crippen molar-refractivity contribution < 1.29 is 0 Å². The van der Waals surface area contributed by atoms with Gasteiger partial charge in [-0.25, -0.2) is 0 Å². The fourth-order valence-corrected chi connectivity index (χ4v) is 3.94. The average Bonchev–Trinajstić information content (AvgIpc) is 2.49. The smallest absolute Gasteiger partial charge is 0.191 e. The van der Waals surface area contributed by atoms with Gasteiger partial charge in [-0.05, 0) is 39.6 Å². The second kappa shape index (κ2) is 8.86. The molecule has 6 heteroatoms. The van der Waals surface area contributed by atoms with Crippen LogP contribution in [0, 0.1) is 0 Å². The van der Waals surface area contributed by atoms with E-state index in [0.717, 1.165) is 38.7 Å². The molecule has 0 amide bonds. The number of aliphatic imine (C=N–C) groups is 1. The molecule has 21 heavy (non-hydrogen) atoms. The van der Waals surface area contributed by atoms with Crippen molar-refractivity contribution in [3.63, 3.8) is 0 Å². The summed E-state index contributed by atoms with van der Waals surface area (Å²) < 4.78 is 0. The van der Waals surface area contributed by atoms with Gasteiger partial charge in [-0.1, -0.05) is 0 Å². The summed E-state index contributed by atoms with van der Waals surface area (Å²) in [6.07, 6.45) is 2.58. The van der Waals surface area contributed by atoms with Crippen LogP contribution in [0.5, 0.6) is 0 Å². The molecule has 122 valence electrons. The number of likely N-dealkylation sites (N-methyl/N-ethyl adjacent to an activating group) is 2. The van der Waals surface area contributed by atoms with Crippen molar-refractivity contribution in [3.05, 3.63) is 0 Å². The molecule has 2 saturated heterocycles. The van der Waals surface area contributed by atoms with Crippen LogP contribution in [0.15, 0.2) is 4.99 Å². The first-order chi connectivity index (χ1) is 10.2. The van der Waals surface area contributed by atoms with Gasteiger partial charge in [0.25, 0.3) is 0 Å². The molecule has 0 aliphatic carbocycles. The lowest BCUT2D eigenvalue weighted by Crippen LogP contribution is -2.52. The molecule has 0 aromatic carbocycles. The minimum absolute atomic E-state index is 0.528. The summed E-state index contributed by atoms with van der Waals surface area (Å²) in [7, 11) is 4.41. The number of piperazine rings is 1. The van der Waals surface area contributed by atoms with Crippen molar-refractivity contribution in [1.29, 1.82) is 0 Å². The highest BCUT2D eigenvalue weighted by atomic mass is 32.2. The van der Waals surface area contributed by atoms with E-state index in [1.807, 2.05) is 11.8 Å². The van der Waals surface area contributed by atoms with Crippen LogP contribution < -0.4 is 10.6 Å². The molecule has 2 heterocycles. The molecular weight excluding hydrogens is 282 g/mol. The Balaban J connectivity index is 1.86. The Morgan fingerprint density at radius 1 is 1.33 bits per heavy atom. The predicted molar refractivity (Wildman–Crippen MR) is 93.4 cm³/mol. The molecule has 5 nitrogen and oxygen atoms in total. The largest absolute Gasteiger partial charge is 0.357 e. The maximum absolute atomic E-state index is 4.83. The highest BCUT2D eigenvalue weighted by Crippen LogP contribution is 2.16. The summed E-state index contributed by atoms with van der Waals surface area (Å²) in [6, 6.07) is 1.10. The first-order valence-corrected chi connectivity index (χ1v) is 9.36. The molecule has 2 rings (SSSR count). The minimum atomic E-state index is 0.528. The molecule has 0 aromatic rings. The summed E-state index contributed by atoms with van der Waals surface area (Å²) >= 11 is 2.05. The van der Waals surface area contributed by atoms with E-state index in [4.69, 9.17) is 4.99 Å². The monoisotopic (exact) mass is 313 g/mol. The summed E-state index contributed by atoms with van der Waals surface area (Å²) in [6.45, 7) is 7.34. The third-order valence-corrected chi connectivity index (χ3v) is 5.50. The quantitative estimate of drug-likeness (QED) is 0.590. The number of nitrogens with one attached hydrogen (secondary N) is 2. The fourth-order valence-electron chi connectivity index (χ4n) is 2.86. The van der Waals surface area contributed by atoms with E-state index in [1.165, 1.54) is 24.3 Å². The van der Waals surface area contributed by atoms with Crippen molar-refractivity contribution in [1.82, 2.24) is 20.4 Å². The maximum atomic E-state index is 4.83. The lowest BCUT2D eigenvalue weighted by atomic mass is 10.2. The third-order valence-electron chi connectivity index (χ3n) is 4.29. The Morgan fingerprint density at radius 2 is 2.19 bits per heavy atom. The van der Waals surface area contributed by atoms with Gasteiger partial charge in [-0.2, -0.15) is 11.8 Å². The van der Waals surface area contributed by atoms with Gasteiger partial charge in [0.1, 0.15) is 0 Å². The standard InChI is InChI=1S/C15H31N5S/c1-4-16-15(18-13-6-5-9-21-12-13)17-10-14-11-19(2)7-8-20(14)3/h13-14H,4-12H2,1-3H3,(H2,16,17,18). The highest BCUT2D eigenvalue weighted by Gasteiger charge is 2.22. The van der Waals surface area contributed by atoms with Crippen LogP contribution in [0.3, 0.4) is 0 Å². The van der Waals surface area contributed by atoms with Crippen LogP contribution in [-0.2, 0) is 0 Å². The van der Waals surface area contributed by atoms with Crippen molar-refractivity contribution in [2.24, 2.45) is 4.99 Å². The van der Waals surface area contributed by atoms with Gasteiger partial charge in [0, 0.05) is 44.0 Å². The topological polar surface area (TPSA) is 42.9 Å². The Morgan fingerprint density at radius 3 is 2.90 bits per heavy atom. The molecule has 0 bridgehead atoms. The highest BCUT2D eigenvalue weighted by molar-refractivity contribution is 7.99. The molecule has 0 aromatic heterocycles. The van der Waals surface area contributed by atoms with Gasteiger partial charge in [0.2, 0.25) is 0 Å². The van der Waals surface area contributed by atoms with Crippen LogP contribution in [-0.4, -0.2) is 86.2 Å². The van der Waals surface area contributed by atoms with Gasteiger partial charge < -0.3 is 15.5 Å². The first kappa shape index (κ1) is 16.9. The number of hydrogen-bond acceptors (Lipinski definition) is 4. The maximum Gasteiger partial charge on any atom is 0.191 e. The molecule has 2 aliphatic heterocycles. The summed E-state index contributed by atoms with van der Waals surface area (Å²) in [4.78, 5) is 9.67. The van der Waals surface area contributed by atoms with Gasteiger partial charge in [-0.3, -0.25) is 9.89 Å². The Hall–Kier alpha value is -0.460. The first-order valence-electron chi connectivity index (χ1n) is 8.20. The zero-order valence-corrected chi connectivity index (χ0v) is 14.6. The van der Waals surface area contributed by atoms with Crippen molar-refractivity contribution in [2.75, 3.05) is 58.3 Å². The van der Waals surface area contributed by atoms with E-state index < -0.39 is 0 Å². The molecule has 2 aliphatic rings. The van der Waals surface area contributed by atoms with E-state index in [1.54, 1.807) is 0 Å². The summed E-state index contributed by atoms with van der Waals surface area (Å²) in [5, 5.41) is 7.00. The molecule has 2 atom stereocenters. The second-order valence-electron chi connectivity index (χ2n) is 6.17. The van der Waals surface area contributed by atoms with Crippen LogP contribution in [0.1, 0.15) is 19.8 Å². The lowest BCUT2D eigenvalue weighted by Gasteiger charge is -2.37. The number of rotatable bonds is 4. The number of hydrogen-bond donors (Lipinski definition) is 2. The molecule has 0 radical (unpaired) electrons. The van der Waals surface area contributed by atoms with Crippen molar-refractivity contribution in [3.8, 4) is 0 Å². The molecule has 2 N–H and O–H groups in total. The van der Waals surface area contributed by atoms with Crippen LogP contribution in [0.4, 0.5) is 0 Å². The predicted octanol–water partition coefficient (Wildman–Crippen LogP) is 0.683. The molecule has 2 unspecified atom stereocenters. The molecular formula is C15H31N5S. The van der Waals surface area contributed by atoms with Gasteiger partial charge in [0.05, 0.1) is 6.54 Å². The van der Waals surface area contributed by atoms with Crippen molar-refractivity contribution >= 4 is 17.7 Å². The van der Waals surface area contributed by atoms with E-state index in [9.17, 15) is 0 Å². The minimum Gasteiger partial charge on any atom is -0.357 e. The number of nitrogens with zero attached hydrogens (tertiary/aromatic N) is 3. The molecule has 2 fully saturated rings. The van der Waals surface area contributed by atoms with E-state index in [2.05, 4.69) is 41.5 Å². The van der Waals surface area contributed by atoms with Gasteiger partial charge in [-0.15, -0.1) is 0 Å². The Labute approximate surface area is 133 Å². The second-order valence-corrected chi connectivity index (χ2v) is 7.32. The Kier molecular flexibility index (Phi) is 7.13. The summed E-state index contributed by atoms with van der Waals surface area (Å²) in [5.74, 6) is 3.51. The molecule has 0 saturated carbocycles. The van der Waals surface area contributed by atoms with Crippen LogP contribution in [0.2, 0.25) is 0 Å². The van der Waals surface area contributed by atoms with E-state index in [-0.39, 0.29) is 0 Å². The average molecular weight is 314 g/mol. The normalized spacial score (nSPS) is 29.4. The summed E-state index contributed by atoms with van der Waals surface area (Å²) in [5.41, 5.74) is 0. The third kappa shape index (κ3) is 5.68. The SMILES string of the molecule is CCNC(=NCC1CN(C)CCN1C)NC1CCCSC1. The van der Waals surface area contributed by atoms with Crippen molar-refractivity contribution in [2.45, 2.75) is 31.8 Å². The van der Waals surface area contributed by atoms with Gasteiger partial charge in [0.15, 0.2) is 5.96 Å². The number of guanidine groups is 1. The van der Waals surface area contributed by atoms with Crippen LogP contribution in [0.25, 0.3) is 0 Å². The fraction of sp³-hybridized carbons (Fsp3) is 0.933. The van der Waals surface area contributed by atoms with Gasteiger partial charge >= 0.3 is 0 Å². The Bertz CT molecular complexity index is 330. The zero-order valence-electron chi connectivity index (χ0n) is 13.8. The van der Waals surface area contributed by atoms with Crippen LogP contribution >= 0.6 is 11.8 Å². The number of thioether (sulfide) groups is 1. The zero-order chi connectivity index (χ0) is 15.1. The lowest BCUT2D eigenvalue weighted by molar-refractivity contribution is 0.119.